The lowest BCUT2D eigenvalue weighted by Gasteiger charge is -2.48. The zero-order valence-corrected chi connectivity index (χ0v) is 14.0. The lowest BCUT2D eigenvalue weighted by molar-refractivity contribution is 0.115. The van der Waals surface area contributed by atoms with Gasteiger partial charge in [0.1, 0.15) is 5.75 Å². The van der Waals surface area contributed by atoms with Crippen LogP contribution in [0.5, 0.6) is 5.75 Å². The summed E-state index contributed by atoms with van der Waals surface area (Å²) in [4.78, 5) is 5.18. The van der Waals surface area contributed by atoms with E-state index in [1.807, 2.05) is 6.07 Å². The van der Waals surface area contributed by atoms with Gasteiger partial charge in [-0.1, -0.05) is 18.0 Å². The molecular weight excluding hydrogens is 284 g/mol. The van der Waals surface area contributed by atoms with Gasteiger partial charge in [-0.15, -0.1) is 0 Å². The molecule has 0 radical (unpaired) electrons. The second kappa shape index (κ2) is 6.05. The molecular formula is C17H25ClN2O. The number of aryl methyl sites for hydroxylation is 1. The molecule has 116 valence electrons. The molecule has 0 bridgehead atoms. The maximum atomic E-state index is 6.24. The molecule has 0 aliphatic carbocycles. The SMILES string of the molecule is COc1cc(Cl)c(C)cc1N1CC2CCCCN2CC1C. The summed E-state index contributed by atoms with van der Waals surface area (Å²) in [5.74, 6) is 0.890. The number of anilines is 1. The van der Waals surface area contributed by atoms with Crippen molar-refractivity contribution < 1.29 is 4.74 Å². The highest BCUT2D eigenvalue weighted by Crippen LogP contribution is 2.37. The van der Waals surface area contributed by atoms with Gasteiger partial charge in [0.2, 0.25) is 0 Å². The standard InChI is InChI=1S/C17H25ClN2O/c1-12-8-16(17(21-3)9-15(12)18)20-11-14-6-4-5-7-19(14)10-13(20)2/h8-9,13-14H,4-7,10-11H2,1-3H3. The Bertz CT molecular complexity index is 520. The topological polar surface area (TPSA) is 15.7 Å². The van der Waals surface area contributed by atoms with Crippen LogP contribution in [0.2, 0.25) is 5.02 Å². The van der Waals surface area contributed by atoms with E-state index in [4.69, 9.17) is 16.3 Å². The van der Waals surface area contributed by atoms with Crippen LogP contribution < -0.4 is 9.64 Å². The highest BCUT2D eigenvalue weighted by molar-refractivity contribution is 6.31. The van der Waals surface area contributed by atoms with Gasteiger partial charge in [0.15, 0.2) is 0 Å². The minimum atomic E-state index is 0.508. The Balaban J connectivity index is 1.90. The Morgan fingerprint density at radius 3 is 2.81 bits per heavy atom. The van der Waals surface area contributed by atoms with Crippen LogP contribution in [0.4, 0.5) is 5.69 Å². The first-order valence-electron chi connectivity index (χ1n) is 7.95. The number of methoxy groups -OCH3 is 1. The number of hydrogen-bond acceptors (Lipinski definition) is 3. The quantitative estimate of drug-likeness (QED) is 0.828. The Kier molecular flexibility index (Phi) is 4.32. The van der Waals surface area contributed by atoms with Gasteiger partial charge in [0, 0.05) is 36.3 Å². The van der Waals surface area contributed by atoms with Gasteiger partial charge in [-0.05, 0) is 44.9 Å². The van der Waals surface area contributed by atoms with Crippen LogP contribution in [0.15, 0.2) is 12.1 Å². The summed E-state index contributed by atoms with van der Waals surface area (Å²) in [5.41, 5.74) is 2.31. The number of nitrogens with zero attached hydrogens (tertiary/aromatic N) is 2. The maximum absolute atomic E-state index is 6.24. The smallest absolute Gasteiger partial charge is 0.143 e. The predicted octanol–water partition coefficient (Wildman–Crippen LogP) is 3.72. The molecule has 2 aliphatic rings. The van der Waals surface area contributed by atoms with Crippen LogP contribution in [-0.2, 0) is 0 Å². The molecule has 3 rings (SSSR count). The molecule has 2 atom stereocenters. The lowest BCUT2D eigenvalue weighted by Crippen LogP contribution is -2.58. The summed E-state index contributed by atoms with van der Waals surface area (Å²) in [6, 6.07) is 5.33. The van der Waals surface area contributed by atoms with E-state index in [1.165, 1.54) is 31.5 Å². The molecule has 0 spiro atoms. The molecule has 2 heterocycles. The third kappa shape index (κ3) is 2.86. The number of piperidine rings is 1. The molecule has 4 heteroatoms. The van der Waals surface area contributed by atoms with Crippen molar-refractivity contribution in [2.75, 3.05) is 31.6 Å². The van der Waals surface area contributed by atoms with Gasteiger partial charge in [0.05, 0.1) is 12.8 Å². The Hall–Kier alpha value is -0.930. The summed E-state index contributed by atoms with van der Waals surface area (Å²) >= 11 is 6.24. The van der Waals surface area contributed by atoms with Crippen LogP contribution in [-0.4, -0.2) is 43.7 Å². The summed E-state index contributed by atoms with van der Waals surface area (Å²) in [7, 11) is 1.73. The summed E-state index contributed by atoms with van der Waals surface area (Å²) < 4.78 is 5.58. The van der Waals surface area contributed by atoms with E-state index in [-0.39, 0.29) is 0 Å². The van der Waals surface area contributed by atoms with E-state index in [1.54, 1.807) is 7.11 Å². The van der Waals surface area contributed by atoms with E-state index in [2.05, 4.69) is 29.7 Å². The van der Waals surface area contributed by atoms with Crippen molar-refractivity contribution in [1.82, 2.24) is 4.90 Å². The predicted molar refractivity (Wildman–Crippen MR) is 88.8 cm³/mol. The van der Waals surface area contributed by atoms with Crippen molar-refractivity contribution in [1.29, 1.82) is 0 Å². The van der Waals surface area contributed by atoms with Gasteiger partial charge in [-0.3, -0.25) is 4.90 Å². The second-order valence-electron chi connectivity index (χ2n) is 6.42. The number of piperazine rings is 1. The molecule has 1 aromatic carbocycles. The average Bonchev–Trinajstić information content (AvgIpc) is 2.49. The molecule has 0 saturated carbocycles. The maximum Gasteiger partial charge on any atom is 0.143 e. The molecule has 2 aliphatic heterocycles. The fourth-order valence-corrected chi connectivity index (χ4v) is 3.88. The van der Waals surface area contributed by atoms with Crippen molar-refractivity contribution in [3.05, 3.63) is 22.7 Å². The second-order valence-corrected chi connectivity index (χ2v) is 6.83. The zero-order valence-electron chi connectivity index (χ0n) is 13.2. The van der Waals surface area contributed by atoms with Crippen LogP contribution in [0.25, 0.3) is 0 Å². The van der Waals surface area contributed by atoms with Gasteiger partial charge in [-0.2, -0.15) is 0 Å². The molecule has 0 amide bonds. The molecule has 2 unspecified atom stereocenters. The molecule has 21 heavy (non-hydrogen) atoms. The van der Waals surface area contributed by atoms with Crippen LogP contribution in [0.3, 0.4) is 0 Å². The van der Waals surface area contributed by atoms with Crippen LogP contribution in [0.1, 0.15) is 31.7 Å². The van der Waals surface area contributed by atoms with Crippen molar-refractivity contribution >= 4 is 17.3 Å². The highest BCUT2D eigenvalue weighted by atomic mass is 35.5. The number of benzene rings is 1. The molecule has 2 saturated heterocycles. The summed E-state index contributed by atoms with van der Waals surface area (Å²) in [5, 5.41) is 0.777. The van der Waals surface area contributed by atoms with E-state index in [9.17, 15) is 0 Å². The first-order valence-corrected chi connectivity index (χ1v) is 8.32. The van der Waals surface area contributed by atoms with E-state index >= 15 is 0 Å². The van der Waals surface area contributed by atoms with E-state index < -0.39 is 0 Å². The monoisotopic (exact) mass is 308 g/mol. The van der Waals surface area contributed by atoms with E-state index in [0.29, 0.717) is 12.1 Å². The Labute approximate surface area is 132 Å². The summed E-state index contributed by atoms with van der Waals surface area (Å²) in [6.45, 7) is 7.88. The molecule has 3 nitrogen and oxygen atoms in total. The molecule has 0 aromatic heterocycles. The van der Waals surface area contributed by atoms with Crippen molar-refractivity contribution in [2.24, 2.45) is 0 Å². The van der Waals surface area contributed by atoms with Crippen LogP contribution >= 0.6 is 11.6 Å². The Morgan fingerprint density at radius 2 is 2.05 bits per heavy atom. The van der Waals surface area contributed by atoms with Crippen molar-refractivity contribution in [2.45, 2.75) is 45.2 Å². The first-order chi connectivity index (χ1) is 10.1. The third-order valence-corrected chi connectivity index (χ3v) is 5.36. The number of halogens is 1. The largest absolute Gasteiger partial charge is 0.495 e. The molecule has 2 fully saturated rings. The number of fused-ring (bicyclic) bond motifs is 1. The fourth-order valence-electron chi connectivity index (χ4n) is 3.72. The average molecular weight is 309 g/mol. The molecule has 1 aromatic rings. The normalized spacial score (nSPS) is 26.6. The molecule has 0 N–H and O–H groups in total. The van der Waals surface area contributed by atoms with E-state index in [0.717, 1.165) is 29.4 Å². The fraction of sp³-hybridized carbons (Fsp3) is 0.647. The minimum absolute atomic E-state index is 0.508. The van der Waals surface area contributed by atoms with Gasteiger partial charge in [-0.25, -0.2) is 0 Å². The summed E-state index contributed by atoms with van der Waals surface area (Å²) in [6.07, 6.45) is 4.03. The van der Waals surface area contributed by atoms with Gasteiger partial charge >= 0.3 is 0 Å². The highest BCUT2D eigenvalue weighted by Gasteiger charge is 2.34. The zero-order chi connectivity index (χ0) is 15.0. The number of ether oxygens (including phenoxy) is 1. The van der Waals surface area contributed by atoms with Crippen molar-refractivity contribution in [3.63, 3.8) is 0 Å². The number of hydrogen-bond donors (Lipinski definition) is 0. The van der Waals surface area contributed by atoms with Crippen molar-refractivity contribution in [3.8, 4) is 5.75 Å². The third-order valence-electron chi connectivity index (χ3n) is 4.96. The minimum Gasteiger partial charge on any atom is -0.495 e. The Morgan fingerprint density at radius 1 is 1.24 bits per heavy atom. The number of rotatable bonds is 2. The first kappa shape index (κ1) is 15.0. The van der Waals surface area contributed by atoms with Gasteiger partial charge in [0.25, 0.3) is 0 Å². The van der Waals surface area contributed by atoms with Crippen LogP contribution in [0, 0.1) is 6.92 Å². The van der Waals surface area contributed by atoms with Gasteiger partial charge < -0.3 is 9.64 Å². The lowest BCUT2D eigenvalue weighted by atomic mass is 9.96.